The quantitative estimate of drug-likeness (QED) is 0.186. The molecule has 0 spiro atoms. The zero-order chi connectivity index (χ0) is 52.6. The van der Waals surface area contributed by atoms with Crippen LogP contribution in [0.15, 0.2) is 0 Å². The van der Waals surface area contributed by atoms with Crippen LogP contribution in [0.25, 0.3) is 0 Å². The Bertz CT molecular complexity index is 387. The predicted molar refractivity (Wildman–Crippen MR) is 313 cm³/mol. The van der Waals surface area contributed by atoms with Crippen LogP contribution in [-0.2, 0) is 28.4 Å². The van der Waals surface area contributed by atoms with Gasteiger partial charge in [0, 0.05) is 46.1 Å². The zero-order valence-corrected chi connectivity index (χ0v) is 51.1. The molecular weight excluding hydrogens is 877 g/mol. The van der Waals surface area contributed by atoms with Gasteiger partial charge in [-0.15, -0.1) is 0 Å². The molecule has 0 aromatic carbocycles. The van der Waals surface area contributed by atoms with Crippen LogP contribution in [-0.4, -0.2) is 142 Å². The number of morpholine rings is 1. The van der Waals surface area contributed by atoms with Gasteiger partial charge in [0.1, 0.15) is 6.79 Å². The number of rotatable bonds is 0. The molecule has 0 aliphatic carbocycles. The summed E-state index contributed by atoms with van der Waals surface area (Å²) in [4.78, 5) is 0. The first kappa shape index (κ1) is 87.0. The van der Waals surface area contributed by atoms with Gasteiger partial charge < -0.3 is 44.4 Å². The highest BCUT2D eigenvalue weighted by Gasteiger charge is 1.98. The SMILES string of the molecule is C1CCNC1.C1CCNCC1.C1CCOC1.C1CCOCC1.C1CCSC1.C1CCSCC1.C1COCCN1.C1COCN1.C1COCO1.CC.CC.CC.CC.CC.CC.CC.CC.CC. The molecule has 0 bridgehead atoms. The summed E-state index contributed by atoms with van der Waals surface area (Å²) in [5.74, 6) is 5.67. The van der Waals surface area contributed by atoms with Crippen molar-refractivity contribution in [2.24, 2.45) is 0 Å². The summed E-state index contributed by atoms with van der Waals surface area (Å²) in [6.45, 7) is 53.6. The van der Waals surface area contributed by atoms with Crippen LogP contribution in [0.4, 0.5) is 0 Å². The number of nitrogens with one attached hydrogen (secondary N) is 4. The van der Waals surface area contributed by atoms with Gasteiger partial charge in [0.25, 0.3) is 0 Å². The Kier molecular flexibility index (Phi) is 151. The minimum Gasteiger partial charge on any atom is -0.381 e. The molecule has 9 heterocycles. The first-order valence-corrected chi connectivity index (χ1v) is 31.3. The summed E-state index contributed by atoms with van der Waals surface area (Å²) < 4.78 is 29.3. The Hall–Kier alpha value is 0.300. The van der Waals surface area contributed by atoms with Gasteiger partial charge in [0.15, 0.2) is 0 Å². The minimum atomic E-state index is 0.500. The van der Waals surface area contributed by atoms with E-state index in [4.69, 9.17) is 28.4 Å². The third kappa shape index (κ3) is 113. The summed E-state index contributed by atoms with van der Waals surface area (Å²) in [7, 11) is 0. The Balaban J connectivity index is -0.0000000775. The summed E-state index contributed by atoms with van der Waals surface area (Å²) in [5.41, 5.74) is 0. The Morgan fingerprint density at radius 3 is 0.627 bits per heavy atom. The van der Waals surface area contributed by atoms with Crippen molar-refractivity contribution in [1.82, 2.24) is 21.3 Å². The summed E-state index contributed by atoms with van der Waals surface area (Å²) in [6, 6.07) is 0. The van der Waals surface area contributed by atoms with Crippen molar-refractivity contribution in [1.29, 1.82) is 0 Å². The second-order valence-electron chi connectivity index (χ2n) is 12.6. The van der Waals surface area contributed by atoms with E-state index in [2.05, 4.69) is 44.8 Å². The molecule has 0 unspecified atom stereocenters. The van der Waals surface area contributed by atoms with E-state index < -0.39 is 0 Å². The Morgan fingerprint density at radius 1 is 0.224 bits per heavy atom. The molecule has 12 heteroatoms. The molecule has 10 nitrogen and oxygen atoms in total. The van der Waals surface area contributed by atoms with Crippen LogP contribution >= 0.6 is 23.5 Å². The van der Waals surface area contributed by atoms with Gasteiger partial charge in [-0.1, -0.05) is 137 Å². The number of ether oxygens (including phenoxy) is 6. The number of hydrogen-bond donors (Lipinski definition) is 4. The maximum Gasteiger partial charge on any atom is 0.146 e. The molecular formula is C55H132N4O6S2. The molecule has 0 aromatic heterocycles. The molecule has 9 fully saturated rings. The fourth-order valence-corrected chi connectivity index (χ4v) is 7.03. The summed E-state index contributed by atoms with van der Waals surface area (Å²) in [5, 5.41) is 12.7. The molecule has 9 rings (SSSR count). The lowest BCUT2D eigenvalue weighted by atomic mass is 10.2. The minimum absolute atomic E-state index is 0.500. The van der Waals surface area contributed by atoms with E-state index in [1.54, 1.807) is 0 Å². The predicted octanol–water partition coefficient (Wildman–Crippen LogP) is 14.9. The molecule has 4 N–H and O–H groups in total. The Morgan fingerprint density at radius 2 is 0.493 bits per heavy atom. The highest BCUT2D eigenvalue weighted by Crippen LogP contribution is 2.15. The summed E-state index contributed by atoms with van der Waals surface area (Å²) in [6.07, 6.45) is 20.8. The van der Waals surface area contributed by atoms with Crippen molar-refractivity contribution in [3.05, 3.63) is 0 Å². The van der Waals surface area contributed by atoms with Gasteiger partial charge in [-0.25, -0.2) is 0 Å². The number of thioether (sulfide) groups is 2. The van der Waals surface area contributed by atoms with Gasteiger partial charge in [-0.2, -0.15) is 23.5 Å². The van der Waals surface area contributed by atoms with Crippen LogP contribution in [0.2, 0.25) is 0 Å². The van der Waals surface area contributed by atoms with E-state index in [1.165, 1.54) is 146 Å². The molecule has 0 atom stereocenters. The average Bonchev–Trinajstić information content (AvgIpc) is 4.34. The van der Waals surface area contributed by atoms with Crippen LogP contribution in [0.3, 0.4) is 0 Å². The van der Waals surface area contributed by atoms with Crippen molar-refractivity contribution in [3.63, 3.8) is 0 Å². The molecule has 9 saturated heterocycles. The second-order valence-corrected chi connectivity index (χ2v) is 15.1. The average molecular weight is 1010 g/mol. The molecule has 0 radical (unpaired) electrons. The summed E-state index contributed by atoms with van der Waals surface area (Å²) >= 11 is 4.17. The van der Waals surface area contributed by atoms with Crippen molar-refractivity contribution in [3.8, 4) is 0 Å². The first-order chi connectivity index (χ1) is 33.5. The maximum atomic E-state index is 5.07. The third-order valence-corrected chi connectivity index (χ3v) is 10.3. The zero-order valence-electron chi connectivity index (χ0n) is 49.4. The topological polar surface area (TPSA) is 104 Å². The van der Waals surface area contributed by atoms with E-state index in [0.717, 1.165) is 85.8 Å². The Labute approximate surface area is 434 Å². The highest BCUT2D eigenvalue weighted by atomic mass is 32.2. The number of hydrogen-bond acceptors (Lipinski definition) is 12. The molecule has 0 saturated carbocycles. The fourth-order valence-electron chi connectivity index (χ4n) is 4.99. The van der Waals surface area contributed by atoms with Crippen LogP contribution in [0.5, 0.6) is 0 Å². The van der Waals surface area contributed by atoms with Gasteiger partial charge in [0.05, 0.1) is 39.8 Å². The van der Waals surface area contributed by atoms with Crippen molar-refractivity contribution in [2.75, 3.05) is 142 Å². The van der Waals surface area contributed by atoms with Gasteiger partial charge in [-0.3, -0.25) is 5.32 Å². The van der Waals surface area contributed by atoms with Gasteiger partial charge in [0.2, 0.25) is 0 Å². The van der Waals surface area contributed by atoms with E-state index >= 15 is 0 Å². The number of piperidine rings is 1. The van der Waals surface area contributed by atoms with Crippen LogP contribution in [0, 0.1) is 0 Å². The fraction of sp³-hybridized carbons (Fsp3) is 1.00. The molecule has 9 aliphatic rings. The molecule has 0 amide bonds. The van der Waals surface area contributed by atoms with E-state index in [9.17, 15) is 0 Å². The monoisotopic (exact) mass is 1010 g/mol. The largest absolute Gasteiger partial charge is 0.381 e. The van der Waals surface area contributed by atoms with Crippen LogP contribution < -0.4 is 21.3 Å². The molecule has 420 valence electrons. The highest BCUT2D eigenvalue weighted by molar-refractivity contribution is 7.99. The first-order valence-electron chi connectivity index (χ1n) is 28.9. The standard InChI is InChI=1S/C5H11N.C5H10O.C5H10S.C4H9NO.C4H9N.C4H8O.C4H8S.C3H7NO.C3H6O2.9C2H6/c3*1-2-4-6-5-3-1;1-3-6-4-2-5-1;3*1-2-4-5-3-1;2*1-2-5-3-4-1;9*1-2/h6H,1-5H2;2*1-5H2;5H,1-4H2;5H,1-4H2;2*1-4H2;4H,1-3H2;1-3H2;9*1-2H3. The maximum absolute atomic E-state index is 5.07. The van der Waals surface area contributed by atoms with Crippen molar-refractivity contribution < 1.29 is 28.4 Å². The van der Waals surface area contributed by atoms with Crippen molar-refractivity contribution in [2.45, 2.75) is 221 Å². The molecule has 67 heavy (non-hydrogen) atoms. The third-order valence-electron chi connectivity index (χ3n) is 7.99. The van der Waals surface area contributed by atoms with E-state index in [-0.39, 0.29) is 0 Å². The lowest BCUT2D eigenvalue weighted by molar-refractivity contribution is 0.0692. The lowest BCUT2D eigenvalue weighted by Crippen LogP contribution is -2.30. The van der Waals surface area contributed by atoms with Crippen LogP contribution in [0.1, 0.15) is 221 Å². The second kappa shape index (κ2) is 116. The van der Waals surface area contributed by atoms with Gasteiger partial charge >= 0.3 is 0 Å². The molecule has 9 aliphatic heterocycles. The smallest absolute Gasteiger partial charge is 0.146 e. The van der Waals surface area contributed by atoms with E-state index in [1.807, 2.05) is 125 Å². The van der Waals surface area contributed by atoms with Crippen molar-refractivity contribution >= 4 is 23.5 Å². The lowest BCUT2D eigenvalue weighted by Gasteiger charge is -2.10. The van der Waals surface area contributed by atoms with E-state index in [0.29, 0.717) is 6.79 Å². The van der Waals surface area contributed by atoms with Gasteiger partial charge in [-0.05, 0) is 133 Å². The molecule has 0 aromatic rings. The normalized spacial score (nSPS) is 18.4.